The van der Waals surface area contributed by atoms with Crippen LogP contribution in [-0.2, 0) is 18.5 Å². The summed E-state index contributed by atoms with van der Waals surface area (Å²) >= 11 is 0. The molecule has 0 amide bonds. The van der Waals surface area contributed by atoms with Crippen LogP contribution in [0.5, 0.6) is 0 Å². The van der Waals surface area contributed by atoms with E-state index in [-0.39, 0.29) is 0 Å². The van der Waals surface area contributed by atoms with Crippen molar-refractivity contribution in [2.45, 2.75) is 18.5 Å². The first kappa shape index (κ1) is 22.9. The Kier molecular flexibility index (Phi) is 5.96. The first-order chi connectivity index (χ1) is 14.3. The molecule has 0 spiro atoms. The first-order valence-electron chi connectivity index (χ1n) is 8.80. The SMILES string of the molecule is FC(F)(F)c1ccccc1[SiH](c1ccccc1C(F)(F)F)c1ccccc1C(F)(F)F. The molecular weight excluding hydrogens is 451 g/mol. The molecule has 0 aliphatic carbocycles. The minimum atomic E-state index is -4.96. The highest BCUT2D eigenvalue weighted by Gasteiger charge is 2.43. The molecule has 3 aromatic rings. The van der Waals surface area contributed by atoms with Gasteiger partial charge in [0.05, 0.1) is 16.7 Å². The molecule has 0 atom stereocenters. The Morgan fingerprint density at radius 2 is 0.613 bits per heavy atom. The number of rotatable bonds is 3. The van der Waals surface area contributed by atoms with E-state index in [1.165, 1.54) is 18.2 Å². The Bertz CT molecular complexity index is 928. The number of hydrogen-bond acceptors (Lipinski definition) is 0. The second kappa shape index (κ2) is 8.06. The van der Waals surface area contributed by atoms with Gasteiger partial charge in [0.15, 0.2) is 0 Å². The zero-order valence-corrected chi connectivity index (χ0v) is 16.6. The van der Waals surface area contributed by atoms with Gasteiger partial charge >= 0.3 is 18.5 Å². The van der Waals surface area contributed by atoms with E-state index in [1.54, 1.807) is 0 Å². The summed E-state index contributed by atoms with van der Waals surface area (Å²) in [6.07, 6.45) is -14.9. The molecule has 31 heavy (non-hydrogen) atoms. The monoisotopic (exact) mass is 464 g/mol. The summed E-state index contributed by atoms with van der Waals surface area (Å²) in [5.74, 6) is 0. The van der Waals surface area contributed by atoms with Crippen molar-refractivity contribution in [2.24, 2.45) is 0 Å². The molecule has 0 saturated carbocycles. The Labute approximate surface area is 172 Å². The molecule has 164 valence electrons. The van der Waals surface area contributed by atoms with Gasteiger partial charge in [0, 0.05) is 0 Å². The van der Waals surface area contributed by atoms with Crippen molar-refractivity contribution in [3.63, 3.8) is 0 Å². The summed E-state index contributed by atoms with van der Waals surface area (Å²) in [7, 11) is -3.89. The fourth-order valence-corrected chi connectivity index (χ4v) is 7.15. The lowest BCUT2D eigenvalue weighted by molar-refractivity contribution is -0.137. The summed E-state index contributed by atoms with van der Waals surface area (Å²) < 4.78 is 123. The molecule has 0 heterocycles. The molecule has 0 radical (unpaired) electrons. The van der Waals surface area contributed by atoms with E-state index in [9.17, 15) is 39.5 Å². The number of alkyl halides is 9. The van der Waals surface area contributed by atoms with E-state index in [0.29, 0.717) is 18.2 Å². The Hall–Kier alpha value is -2.75. The maximum atomic E-state index is 13.7. The Morgan fingerprint density at radius 1 is 0.387 bits per heavy atom. The van der Waals surface area contributed by atoms with Gasteiger partial charge in [0.25, 0.3) is 0 Å². The van der Waals surface area contributed by atoms with Crippen molar-refractivity contribution in [1.29, 1.82) is 0 Å². The van der Waals surface area contributed by atoms with E-state index in [2.05, 4.69) is 0 Å². The van der Waals surface area contributed by atoms with Gasteiger partial charge in [-0.25, -0.2) is 0 Å². The van der Waals surface area contributed by atoms with Gasteiger partial charge in [-0.05, 0) is 15.6 Å². The minimum absolute atomic E-state index is 0.566. The average Bonchev–Trinajstić information content (AvgIpc) is 2.67. The van der Waals surface area contributed by atoms with Crippen molar-refractivity contribution >= 4 is 24.4 Å². The third-order valence-corrected chi connectivity index (χ3v) is 8.11. The Morgan fingerprint density at radius 3 is 0.839 bits per heavy atom. The molecule has 0 aliphatic rings. The summed E-state index contributed by atoms with van der Waals surface area (Å²) in [6, 6.07) is 11.5. The average molecular weight is 464 g/mol. The van der Waals surface area contributed by atoms with Crippen molar-refractivity contribution in [1.82, 2.24) is 0 Å². The highest BCUT2D eigenvalue weighted by molar-refractivity contribution is 6.96. The van der Waals surface area contributed by atoms with Crippen LogP contribution in [0, 0.1) is 0 Å². The molecule has 0 aliphatic heterocycles. The zero-order chi connectivity index (χ0) is 23.0. The van der Waals surface area contributed by atoms with Crippen LogP contribution < -0.4 is 15.6 Å². The van der Waals surface area contributed by atoms with Gasteiger partial charge in [-0.2, -0.15) is 39.5 Å². The Balaban J connectivity index is 2.44. The van der Waals surface area contributed by atoms with Gasteiger partial charge in [0.2, 0.25) is 0 Å². The molecule has 0 saturated heterocycles. The first-order valence-corrected chi connectivity index (χ1v) is 10.5. The quantitative estimate of drug-likeness (QED) is 0.291. The topological polar surface area (TPSA) is 0 Å². The van der Waals surface area contributed by atoms with Gasteiger partial charge in [0.1, 0.15) is 8.80 Å². The molecule has 0 unspecified atom stereocenters. The van der Waals surface area contributed by atoms with E-state index in [0.717, 1.165) is 36.4 Å². The van der Waals surface area contributed by atoms with Gasteiger partial charge in [-0.1, -0.05) is 72.8 Å². The molecule has 3 rings (SSSR count). The minimum Gasteiger partial charge on any atom is -0.166 e. The largest absolute Gasteiger partial charge is 0.416 e. The van der Waals surface area contributed by atoms with Crippen LogP contribution in [0.3, 0.4) is 0 Å². The molecule has 0 aromatic heterocycles. The maximum absolute atomic E-state index is 13.7. The molecule has 0 nitrogen and oxygen atoms in total. The second-order valence-corrected chi connectivity index (χ2v) is 9.42. The lowest BCUT2D eigenvalue weighted by Gasteiger charge is -2.26. The van der Waals surface area contributed by atoms with E-state index in [4.69, 9.17) is 0 Å². The summed E-state index contributed by atoms with van der Waals surface area (Å²) in [4.78, 5) is 0. The lowest BCUT2D eigenvalue weighted by atomic mass is 10.2. The van der Waals surface area contributed by atoms with Crippen molar-refractivity contribution in [3.8, 4) is 0 Å². The lowest BCUT2D eigenvalue weighted by Crippen LogP contribution is -2.57. The van der Waals surface area contributed by atoms with Crippen LogP contribution in [-0.4, -0.2) is 8.80 Å². The standard InChI is InChI=1S/C21H13F9Si/c22-19(23,24)13-7-1-4-10-16(13)31(17-11-5-2-8-14(17)20(25,26)27)18-12-6-3-9-15(18)21(28,29)30/h1-12,31H. The van der Waals surface area contributed by atoms with E-state index in [1.807, 2.05) is 0 Å². The van der Waals surface area contributed by atoms with E-state index < -0.39 is 59.6 Å². The fraction of sp³-hybridized carbons (Fsp3) is 0.143. The number of benzene rings is 3. The van der Waals surface area contributed by atoms with Crippen molar-refractivity contribution < 1.29 is 39.5 Å². The van der Waals surface area contributed by atoms with Crippen LogP contribution in [0.25, 0.3) is 0 Å². The molecular formula is C21H13F9Si. The second-order valence-electron chi connectivity index (χ2n) is 6.69. The zero-order valence-electron chi connectivity index (χ0n) is 15.4. The van der Waals surface area contributed by atoms with E-state index >= 15 is 0 Å². The molecule has 0 bridgehead atoms. The molecule has 3 aromatic carbocycles. The molecule has 0 N–H and O–H groups in total. The van der Waals surface area contributed by atoms with Gasteiger partial charge in [-0.15, -0.1) is 0 Å². The summed E-state index contributed by atoms with van der Waals surface area (Å²) in [5.41, 5.74) is -3.75. The maximum Gasteiger partial charge on any atom is 0.416 e. The van der Waals surface area contributed by atoms with Crippen LogP contribution in [0.1, 0.15) is 16.7 Å². The third-order valence-electron chi connectivity index (χ3n) is 4.73. The predicted molar refractivity (Wildman–Crippen MR) is 100 cm³/mol. The van der Waals surface area contributed by atoms with Crippen LogP contribution in [0.2, 0.25) is 0 Å². The van der Waals surface area contributed by atoms with Crippen LogP contribution in [0.15, 0.2) is 72.8 Å². The normalized spacial score (nSPS) is 13.0. The fourth-order valence-electron chi connectivity index (χ4n) is 3.52. The predicted octanol–water partition coefficient (Wildman–Crippen LogP) is 4.99. The summed E-state index contributed by atoms with van der Waals surface area (Å²) in [6.45, 7) is 0. The van der Waals surface area contributed by atoms with Gasteiger partial charge < -0.3 is 0 Å². The van der Waals surface area contributed by atoms with Crippen molar-refractivity contribution in [3.05, 3.63) is 89.5 Å². The third kappa shape index (κ3) is 4.78. The highest BCUT2D eigenvalue weighted by Crippen LogP contribution is 2.32. The van der Waals surface area contributed by atoms with Crippen LogP contribution in [0.4, 0.5) is 39.5 Å². The molecule has 0 fully saturated rings. The smallest absolute Gasteiger partial charge is 0.166 e. The number of halogens is 9. The van der Waals surface area contributed by atoms with Crippen LogP contribution >= 0.6 is 0 Å². The number of hydrogen-bond donors (Lipinski definition) is 0. The highest BCUT2D eigenvalue weighted by atomic mass is 28.3. The molecule has 10 heteroatoms. The summed E-state index contributed by atoms with van der Waals surface area (Å²) in [5, 5.41) is -1.70. The van der Waals surface area contributed by atoms with Gasteiger partial charge in [-0.3, -0.25) is 0 Å². The van der Waals surface area contributed by atoms with Crippen molar-refractivity contribution in [2.75, 3.05) is 0 Å².